The predicted molar refractivity (Wildman–Crippen MR) is 98.0 cm³/mol. The molecule has 2 aromatic rings. The maximum atomic E-state index is 14.5. The largest absolute Gasteiger partial charge is 0.386 e. The number of nitrogens with one attached hydrogen (secondary N) is 1. The fourth-order valence-corrected chi connectivity index (χ4v) is 3.04. The number of rotatable bonds is 4. The van der Waals surface area contributed by atoms with Gasteiger partial charge in [-0.05, 0) is 37.3 Å². The van der Waals surface area contributed by atoms with Crippen LogP contribution in [0.4, 0.5) is 18.9 Å². The summed E-state index contributed by atoms with van der Waals surface area (Å²) in [6.45, 7) is 1.01. The second-order valence-corrected chi connectivity index (χ2v) is 6.51. The minimum absolute atomic E-state index is 0.0230. The van der Waals surface area contributed by atoms with Crippen molar-refractivity contribution in [3.63, 3.8) is 0 Å². The van der Waals surface area contributed by atoms with Crippen molar-refractivity contribution in [2.45, 2.75) is 25.0 Å². The molecule has 1 aliphatic rings. The average Bonchev–Trinajstić information content (AvgIpc) is 2.69. The van der Waals surface area contributed by atoms with Crippen molar-refractivity contribution in [3.05, 3.63) is 59.2 Å². The molecule has 2 atom stereocenters. The smallest absolute Gasteiger partial charge is 0.274 e. The highest BCUT2D eigenvalue weighted by atomic mass is 19.3. The van der Waals surface area contributed by atoms with E-state index in [1.54, 1.807) is 0 Å². The third-order valence-corrected chi connectivity index (χ3v) is 4.46. The molecule has 1 aliphatic heterocycles. The molecular formula is C19H16F3N5O2. The summed E-state index contributed by atoms with van der Waals surface area (Å²) in [5, 5.41) is 11.3. The molecule has 0 bridgehead atoms. The van der Waals surface area contributed by atoms with E-state index in [9.17, 15) is 18.0 Å². The van der Waals surface area contributed by atoms with Crippen LogP contribution < -0.4 is 11.1 Å². The lowest BCUT2D eigenvalue weighted by atomic mass is 9.85. The highest BCUT2D eigenvalue weighted by Gasteiger charge is 2.46. The number of benzene rings is 1. The van der Waals surface area contributed by atoms with E-state index >= 15 is 0 Å². The van der Waals surface area contributed by atoms with Gasteiger partial charge in [0.2, 0.25) is 0 Å². The van der Waals surface area contributed by atoms with Crippen LogP contribution in [0.25, 0.3) is 0 Å². The van der Waals surface area contributed by atoms with Gasteiger partial charge >= 0.3 is 0 Å². The van der Waals surface area contributed by atoms with E-state index < -0.39 is 29.8 Å². The lowest BCUT2D eigenvalue weighted by molar-refractivity contribution is -0.0883. The minimum Gasteiger partial charge on any atom is -0.386 e. The van der Waals surface area contributed by atoms with E-state index in [0.29, 0.717) is 0 Å². The van der Waals surface area contributed by atoms with Crippen LogP contribution in [0.2, 0.25) is 0 Å². The maximum absolute atomic E-state index is 14.5. The third-order valence-electron chi connectivity index (χ3n) is 4.46. The van der Waals surface area contributed by atoms with Crippen LogP contribution in [0.15, 0.2) is 41.5 Å². The van der Waals surface area contributed by atoms with Crippen molar-refractivity contribution >= 4 is 17.4 Å². The Bertz CT molecular complexity index is 1000. The molecule has 0 radical (unpaired) electrons. The van der Waals surface area contributed by atoms with Gasteiger partial charge in [-0.15, -0.1) is 0 Å². The summed E-state index contributed by atoms with van der Waals surface area (Å²) < 4.78 is 46.6. The van der Waals surface area contributed by atoms with Crippen molar-refractivity contribution in [3.8, 4) is 6.07 Å². The number of aliphatic imine (C=N–C) groups is 1. The normalized spacial score (nSPS) is 21.4. The lowest BCUT2D eigenvalue weighted by Crippen LogP contribution is -2.49. The quantitative estimate of drug-likeness (QED) is 0.815. The van der Waals surface area contributed by atoms with Crippen molar-refractivity contribution in [2.24, 2.45) is 10.7 Å². The first-order chi connectivity index (χ1) is 13.7. The van der Waals surface area contributed by atoms with Gasteiger partial charge in [0.15, 0.2) is 0 Å². The van der Waals surface area contributed by atoms with Gasteiger partial charge in [0.25, 0.3) is 12.3 Å². The fraction of sp³-hybridized carbons (Fsp3) is 0.263. The van der Waals surface area contributed by atoms with Crippen LogP contribution in [-0.4, -0.2) is 35.9 Å². The van der Waals surface area contributed by atoms with Gasteiger partial charge in [0.05, 0.1) is 5.56 Å². The number of aromatic nitrogens is 1. The summed E-state index contributed by atoms with van der Waals surface area (Å²) in [4.78, 5) is 20.3. The van der Waals surface area contributed by atoms with Crippen molar-refractivity contribution in [1.29, 1.82) is 5.26 Å². The van der Waals surface area contributed by atoms with E-state index in [4.69, 9.17) is 15.7 Å². The fourth-order valence-electron chi connectivity index (χ4n) is 3.04. The zero-order valence-electron chi connectivity index (χ0n) is 15.2. The number of pyridine rings is 1. The van der Waals surface area contributed by atoms with Gasteiger partial charge < -0.3 is 15.8 Å². The molecule has 3 rings (SSSR count). The highest BCUT2D eigenvalue weighted by molar-refractivity contribution is 6.02. The highest BCUT2D eigenvalue weighted by Crippen LogP contribution is 2.39. The topological polar surface area (TPSA) is 113 Å². The van der Waals surface area contributed by atoms with Gasteiger partial charge in [-0.3, -0.25) is 9.79 Å². The minimum atomic E-state index is -2.93. The number of halogens is 3. The molecule has 1 aromatic carbocycles. The number of carbonyl (C=O) groups excluding carboxylic acids is 1. The van der Waals surface area contributed by atoms with Gasteiger partial charge in [-0.1, -0.05) is 0 Å². The zero-order chi connectivity index (χ0) is 21.2. The molecule has 1 unspecified atom stereocenters. The lowest BCUT2D eigenvalue weighted by Gasteiger charge is -2.37. The Morgan fingerprint density at radius 2 is 2.17 bits per heavy atom. The summed E-state index contributed by atoms with van der Waals surface area (Å²) >= 11 is 0. The number of hydrogen-bond donors (Lipinski definition) is 2. The summed E-state index contributed by atoms with van der Waals surface area (Å²) in [5.41, 5.74) is 4.10. The van der Waals surface area contributed by atoms with Crippen LogP contribution in [0.3, 0.4) is 0 Å². The molecular weight excluding hydrogens is 387 g/mol. The number of hydrogen-bond acceptors (Lipinski definition) is 6. The Morgan fingerprint density at radius 1 is 1.41 bits per heavy atom. The second-order valence-electron chi connectivity index (χ2n) is 6.51. The van der Waals surface area contributed by atoms with Crippen LogP contribution in [0.1, 0.15) is 28.5 Å². The molecule has 0 aliphatic carbocycles. The molecule has 2 heterocycles. The first-order valence-electron chi connectivity index (χ1n) is 8.46. The molecule has 1 amide bonds. The molecule has 0 saturated heterocycles. The SMILES string of the molecule is C[C@]1(c2cc(NC(=O)c3ccc(C#N)cn3)ccc2F)N=C(N)COC1C(F)F. The van der Waals surface area contributed by atoms with E-state index in [0.717, 1.165) is 6.07 Å². The predicted octanol–water partition coefficient (Wildman–Crippen LogP) is 2.58. The Hall–Kier alpha value is -3.45. The van der Waals surface area contributed by atoms with Gasteiger partial charge in [0.1, 0.15) is 41.7 Å². The monoisotopic (exact) mass is 403 g/mol. The molecule has 0 spiro atoms. The first kappa shape index (κ1) is 20.3. The molecule has 0 saturated carbocycles. The van der Waals surface area contributed by atoms with E-state index in [2.05, 4.69) is 15.3 Å². The molecule has 7 nitrogen and oxygen atoms in total. The number of nitriles is 1. The van der Waals surface area contributed by atoms with E-state index in [1.165, 1.54) is 37.4 Å². The van der Waals surface area contributed by atoms with Crippen LogP contribution in [0, 0.1) is 17.1 Å². The maximum Gasteiger partial charge on any atom is 0.274 e. The Kier molecular flexibility index (Phi) is 5.52. The van der Waals surface area contributed by atoms with Crippen molar-refractivity contribution < 1.29 is 22.7 Å². The number of carbonyl (C=O) groups is 1. The molecule has 10 heteroatoms. The standard InChI is InChI=1S/C19H16F3N5O2/c1-19(16(17(21)22)29-9-15(24)27-19)12-6-11(3-4-13(12)20)26-18(28)14-5-2-10(7-23)8-25-14/h2-6,8,16-17H,9H2,1H3,(H2,24,27)(H,26,28)/t16?,19-/m1/s1. The zero-order valence-corrected chi connectivity index (χ0v) is 15.2. The van der Waals surface area contributed by atoms with Crippen molar-refractivity contribution in [1.82, 2.24) is 4.98 Å². The van der Waals surface area contributed by atoms with Crippen LogP contribution in [0.5, 0.6) is 0 Å². The molecule has 1 aromatic heterocycles. The first-order valence-corrected chi connectivity index (χ1v) is 8.46. The van der Waals surface area contributed by atoms with Crippen LogP contribution >= 0.6 is 0 Å². The van der Waals surface area contributed by atoms with E-state index in [1.807, 2.05) is 6.07 Å². The summed E-state index contributed by atoms with van der Waals surface area (Å²) in [5.74, 6) is -1.46. The van der Waals surface area contributed by atoms with Crippen molar-refractivity contribution in [2.75, 3.05) is 11.9 Å². The van der Waals surface area contributed by atoms with E-state index in [-0.39, 0.29) is 35.0 Å². The molecule has 29 heavy (non-hydrogen) atoms. The number of nitrogens with two attached hydrogens (primary N) is 1. The Labute approximate surface area is 164 Å². The van der Waals surface area contributed by atoms with Gasteiger partial charge in [0, 0.05) is 17.4 Å². The Balaban J connectivity index is 1.94. The average molecular weight is 403 g/mol. The number of amidine groups is 1. The molecule has 150 valence electrons. The number of nitrogens with zero attached hydrogens (tertiary/aromatic N) is 3. The number of ether oxygens (including phenoxy) is 1. The second kappa shape index (κ2) is 7.89. The summed E-state index contributed by atoms with van der Waals surface area (Å²) in [6, 6.07) is 8.17. The number of alkyl halides is 2. The summed E-state index contributed by atoms with van der Waals surface area (Å²) in [6.07, 6.45) is -3.41. The molecule has 3 N–H and O–H groups in total. The van der Waals surface area contributed by atoms with Crippen LogP contribution in [-0.2, 0) is 10.3 Å². The number of anilines is 1. The van der Waals surface area contributed by atoms with Gasteiger partial charge in [-0.25, -0.2) is 18.2 Å². The summed E-state index contributed by atoms with van der Waals surface area (Å²) in [7, 11) is 0. The third kappa shape index (κ3) is 4.05. The Morgan fingerprint density at radius 3 is 2.79 bits per heavy atom. The van der Waals surface area contributed by atoms with Gasteiger partial charge in [-0.2, -0.15) is 5.26 Å². The number of amides is 1. The molecule has 0 fully saturated rings.